The van der Waals surface area contributed by atoms with Gasteiger partial charge < -0.3 is 10.0 Å². The molecule has 0 fully saturated rings. The fourth-order valence-electron chi connectivity index (χ4n) is 3.01. The number of aromatic carboxylic acids is 1. The summed E-state index contributed by atoms with van der Waals surface area (Å²) in [6.07, 6.45) is 0. The predicted molar refractivity (Wildman–Crippen MR) is 108 cm³/mol. The number of sulfonamides is 1. The second-order valence-electron chi connectivity index (χ2n) is 6.52. The smallest absolute Gasteiger partial charge is 0.335 e. The van der Waals surface area contributed by atoms with Crippen molar-refractivity contribution in [2.45, 2.75) is 39.5 Å². The standard InChI is InChI=1S/C20H26N2O4S/c1-6-22(7-2)18-9-8-16(20(23)24)12-17(18)21-27(25,26)19-11-14(4)13(3)10-15(19)5/h8-12,21H,6-7H2,1-5H3,(H,23,24). The fraction of sp³-hybridized carbons (Fsp3) is 0.350. The van der Waals surface area contributed by atoms with Crippen molar-refractivity contribution in [2.75, 3.05) is 22.7 Å². The number of carbonyl (C=O) groups is 1. The molecule has 0 radical (unpaired) electrons. The van der Waals surface area contributed by atoms with Gasteiger partial charge in [0.25, 0.3) is 10.0 Å². The lowest BCUT2D eigenvalue weighted by Gasteiger charge is -2.25. The minimum atomic E-state index is -3.87. The van der Waals surface area contributed by atoms with Gasteiger partial charge in [-0.3, -0.25) is 4.72 Å². The van der Waals surface area contributed by atoms with Crippen molar-refractivity contribution in [3.63, 3.8) is 0 Å². The summed E-state index contributed by atoms with van der Waals surface area (Å²) in [6.45, 7) is 10.8. The van der Waals surface area contributed by atoms with Crippen LogP contribution in [0.15, 0.2) is 35.2 Å². The number of carboxylic acid groups (broad SMARTS) is 1. The Balaban J connectivity index is 2.58. The number of nitrogens with zero attached hydrogens (tertiary/aromatic N) is 1. The Hall–Kier alpha value is -2.54. The van der Waals surface area contributed by atoms with Crippen molar-refractivity contribution in [3.05, 3.63) is 52.6 Å². The minimum absolute atomic E-state index is 0.0282. The molecule has 27 heavy (non-hydrogen) atoms. The molecule has 2 rings (SSSR count). The molecule has 0 spiro atoms. The highest BCUT2D eigenvalue weighted by atomic mass is 32.2. The van der Waals surface area contributed by atoms with Crippen LogP contribution in [0.1, 0.15) is 40.9 Å². The van der Waals surface area contributed by atoms with Gasteiger partial charge in [0.1, 0.15) is 0 Å². The Morgan fingerprint density at radius 1 is 1.00 bits per heavy atom. The maximum Gasteiger partial charge on any atom is 0.335 e. The number of hydrogen-bond acceptors (Lipinski definition) is 4. The molecule has 0 aliphatic carbocycles. The van der Waals surface area contributed by atoms with Gasteiger partial charge in [0, 0.05) is 13.1 Å². The van der Waals surface area contributed by atoms with E-state index in [1.165, 1.54) is 12.1 Å². The zero-order valence-electron chi connectivity index (χ0n) is 16.3. The first-order valence-corrected chi connectivity index (χ1v) is 10.3. The summed E-state index contributed by atoms with van der Waals surface area (Å²) < 4.78 is 28.7. The number of carboxylic acids is 1. The zero-order valence-corrected chi connectivity index (χ0v) is 17.1. The molecule has 0 saturated carbocycles. The first kappa shape index (κ1) is 20.8. The Morgan fingerprint density at radius 2 is 1.59 bits per heavy atom. The van der Waals surface area contributed by atoms with Gasteiger partial charge in [0.15, 0.2) is 0 Å². The molecule has 0 bridgehead atoms. The van der Waals surface area contributed by atoms with Crippen LogP contribution in [0.4, 0.5) is 11.4 Å². The van der Waals surface area contributed by atoms with Crippen molar-refractivity contribution in [3.8, 4) is 0 Å². The third kappa shape index (κ3) is 4.42. The lowest BCUT2D eigenvalue weighted by atomic mass is 10.1. The number of rotatable bonds is 7. The van der Waals surface area contributed by atoms with Crippen molar-refractivity contribution < 1.29 is 18.3 Å². The van der Waals surface area contributed by atoms with Crippen molar-refractivity contribution in [2.24, 2.45) is 0 Å². The third-order valence-corrected chi connectivity index (χ3v) is 6.18. The number of nitrogens with one attached hydrogen (secondary N) is 1. The quantitative estimate of drug-likeness (QED) is 0.747. The summed E-state index contributed by atoms with van der Waals surface area (Å²) in [6, 6.07) is 7.97. The van der Waals surface area contributed by atoms with Gasteiger partial charge in [-0.2, -0.15) is 0 Å². The van der Waals surface area contributed by atoms with Crippen LogP contribution in [-0.4, -0.2) is 32.6 Å². The summed E-state index contributed by atoms with van der Waals surface area (Å²) in [5.41, 5.74) is 3.48. The topological polar surface area (TPSA) is 86.7 Å². The highest BCUT2D eigenvalue weighted by molar-refractivity contribution is 7.92. The molecule has 6 nitrogen and oxygen atoms in total. The van der Waals surface area contributed by atoms with E-state index < -0.39 is 16.0 Å². The Morgan fingerprint density at radius 3 is 2.15 bits per heavy atom. The molecule has 0 aliphatic rings. The molecule has 2 N–H and O–H groups in total. The van der Waals surface area contributed by atoms with Gasteiger partial charge in [-0.25, -0.2) is 13.2 Å². The van der Waals surface area contributed by atoms with Crippen LogP contribution in [-0.2, 0) is 10.0 Å². The molecule has 146 valence electrons. The summed E-state index contributed by atoms with van der Waals surface area (Å²) in [7, 11) is -3.87. The van der Waals surface area contributed by atoms with E-state index in [4.69, 9.17) is 0 Å². The van der Waals surface area contributed by atoms with Gasteiger partial charge >= 0.3 is 5.97 Å². The highest BCUT2D eigenvalue weighted by Gasteiger charge is 2.21. The van der Waals surface area contributed by atoms with Crippen LogP contribution < -0.4 is 9.62 Å². The molecule has 7 heteroatoms. The van der Waals surface area contributed by atoms with Gasteiger partial charge in [0.05, 0.1) is 21.8 Å². The maximum atomic E-state index is 13.0. The summed E-state index contributed by atoms with van der Waals surface area (Å²) in [4.78, 5) is 13.5. The first-order valence-electron chi connectivity index (χ1n) is 8.83. The fourth-order valence-corrected chi connectivity index (χ4v) is 4.39. The SMILES string of the molecule is CCN(CC)c1ccc(C(=O)O)cc1NS(=O)(=O)c1cc(C)c(C)cc1C. The number of anilines is 2. The second-order valence-corrected chi connectivity index (χ2v) is 8.17. The summed E-state index contributed by atoms with van der Waals surface area (Å²) in [5, 5.41) is 9.29. The van der Waals surface area contributed by atoms with E-state index in [1.807, 2.05) is 38.7 Å². The van der Waals surface area contributed by atoms with E-state index in [2.05, 4.69) is 4.72 Å². The van der Waals surface area contributed by atoms with Crippen molar-refractivity contribution in [1.82, 2.24) is 0 Å². The Bertz CT molecular complexity index is 964. The lowest BCUT2D eigenvalue weighted by Crippen LogP contribution is -2.24. The van der Waals surface area contributed by atoms with Gasteiger partial charge in [-0.05, 0) is 75.6 Å². The molecule has 0 amide bonds. The van der Waals surface area contributed by atoms with E-state index in [9.17, 15) is 18.3 Å². The monoisotopic (exact) mass is 390 g/mol. The third-order valence-electron chi connectivity index (χ3n) is 4.67. The van der Waals surface area contributed by atoms with E-state index in [0.29, 0.717) is 24.3 Å². The number of hydrogen-bond donors (Lipinski definition) is 2. The van der Waals surface area contributed by atoms with Crippen LogP contribution in [0.25, 0.3) is 0 Å². The maximum absolute atomic E-state index is 13.0. The summed E-state index contributed by atoms with van der Waals surface area (Å²) >= 11 is 0. The van der Waals surface area contributed by atoms with Gasteiger partial charge in [-0.15, -0.1) is 0 Å². The average molecular weight is 391 g/mol. The molecule has 0 heterocycles. The Labute approximate surface area is 160 Å². The minimum Gasteiger partial charge on any atom is -0.478 e. The highest BCUT2D eigenvalue weighted by Crippen LogP contribution is 2.30. The van der Waals surface area contributed by atoms with Crippen molar-refractivity contribution >= 4 is 27.4 Å². The largest absolute Gasteiger partial charge is 0.478 e. The van der Waals surface area contributed by atoms with E-state index >= 15 is 0 Å². The average Bonchev–Trinajstić information content (AvgIpc) is 2.59. The molecule has 2 aromatic rings. The second kappa shape index (κ2) is 8.00. The van der Waals surface area contributed by atoms with Crippen LogP contribution in [0.5, 0.6) is 0 Å². The van der Waals surface area contributed by atoms with Gasteiger partial charge in [-0.1, -0.05) is 6.07 Å². The first-order chi connectivity index (χ1) is 12.6. The van der Waals surface area contributed by atoms with Crippen LogP contribution in [0.3, 0.4) is 0 Å². The molecular formula is C20H26N2O4S. The zero-order chi connectivity index (χ0) is 20.4. The lowest BCUT2D eigenvalue weighted by molar-refractivity contribution is 0.0697. The molecule has 0 atom stereocenters. The van der Waals surface area contributed by atoms with E-state index in [-0.39, 0.29) is 16.1 Å². The number of aryl methyl sites for hydroxylation is 3. The van der Waals surface area contributed by atoms with Gasteiger partial charge in [0.2, 0.25) is 0 Å². The molecular weight excluding hydrogens is 364 g/mol. The van der Waals surface area contributed by atoms with Crippen LogP contribution in [0, 0.1) is 20.8 Å². The van der Waals surface area contributed by atoms with E-state index in [1.54, 1.807) is 19.1 Å². The normalized spacial score (nSPS) is 11.3. The Kier molecular flexibility index (Phi) is 6.15. The van der Waals surface area contributed by atoms with E-state index in [0.717, 1.165) is 11.1 Å². The van der Waals surface area contributed by atoms with Crippen LogP contribution >= 0.6 is 0 Å². The number of benzene rings is 2. The van der Waals surface area contributed by atoms with Crippen LogP contribution in [0.2, 0.25) is 0 Å². The predicted octanol–water partition coefficient (Wildman–Crippen LogP) is 3.96. The molecule has 0 aromatic heterocycles. The van der Waals surface area contributed by atoms with Crippen molar-refractivity contribution in [1.29, 1.82) is 0 Å². The summed E-state index contributed by atoms with van der Waals surface area (Å²) in [5.74, 6) is -1.11. The molecule has 0 unspecified atom stereocenters. The molecule has 0 aliphatic heterocycles. The molecule has 2 aromatic carbocycles. The molecule has 0 saturated heterocycles.